The van der Waals surface area contributed by atoms with Gasteiger partial charge in [-0.2, -0.15) is 0 Å². The maximum absolute atomic E-state index is 11.8. The van der Waals surface area contributed by atoms with Gasteiger partial charge in [-0.3, -0.25) is 4.79 Å². The van der Waals surface area contributed by atoms with Gasteiger partial charge in [0.05, 0.1) is 12.2 Å². The number of benzene rings is 2. The highest BCUT2D eigenvalue weighted by atomic mass is 16.5. The third-order valence-corrected chi connectivity index (χ3v) is 3.50. The van der Waals surface area contributed by atoms with E-state index in [0.29, 0.717) is 26.0 Å². The molecule has 2 N–H and O–H groups in total. The number of hydrogen-bond donors (Lipinski definition) is 2. The molecule has 0 saturated carbocycles. The minimum atomic E-state index is -0.959. The number of hydrogen-bond acceptors (Lipinski definition) is 3. The Morgan fingerprint density at radius 2 is 1.88 bits per heavy atom. The average Bonchev–Trinajstić information content (AvgIpc) is 2.57. The molecule has 2 aromatic rings. The van der Waals surface area contributed by atoms with Gasteiger partial charge in [-0.1, -0.05) is 24.3 Å². The molecule has 0 aliphatic heterocycles. The highest BCUT2D eigenvalue weighted by Crippen LogP contribution is 2.12. The quantitative estimate of drug-likeness (QED) is 0.730. The number of aryl methyl sites for hydroxylation is 1. The van der Waals surface area contributed by atoms with Crippen molar-refractivity contribution in [3.63, 3.8) is 0 Å². The molecule has 0 spiro atoms. The van der Waals surface area contributed by atoms with Crippen LogP contribution < -0.4 is 10.1 Å². The van der Waals surface area contributed by atoms with Crippen molar-refractivity contribution in [2.45, 2.75) is 26.3 Å². The Balaban J connectivity index is 1.65. The van der Waals surface area contributed by atoms with E-state index in [4.69, 9.17) is 9.84 Å². The minimum absolute atomic E-state index is 0.0508. The number of carboxylic acids is 1. The third-order valence-electron chi connectivity index (χ3n) is 3.50. The van der Waals surface area contributed by atoms with Crippen LogP contribution in [0.25, 0.3) is 0 Å². The fourth-order valence-electron chi connectivity index (χ4n) is 2.18. The molecule has 2 aromatic carbocycles. The van der Waals surface area contributed by atoms with E-state index in [0.717, 1.165) is 16.9 Å². The summed E-state index contributed by atoms with van der Waals surface area (Å²) in [4.78, 5) is 22.6. The second kappa shape index (κ2) is 8.72. The molecular formula is C19H21NO4. The summed E-state index contributed by atoms with van der Waals surface area (Å²) in [5.41, 5.74) is 2.24. The standard InChI is InChI=1S/C19H21NO4/c1-14-4-2-5-17(12-14)24-11-3-6-18(21)20-13-15-7-9-16(10-8-15)19(22)23/h2,4-5,7-10,12H,3,6,11,13H2,1H3,(H,20,21)(H,22,23). The van der Waals surface area contributed by atoms with Crippen molar-refractivity contribution in [1.82, 2.24) is 5.32 Å². The number of amides is 1. The number of ether oxygens (including phenoxy) is 1. The van der Waals surface area contributed by atoms with Crippen LogP contribution in [0.4, 0.5) is 0 Å². The van der Waals surface area contributed by atoms with Gasteiger partial charge in [-0.25, -0.2) is 4.79 Å². The lowest BCUT2D eigenvalue weighted by atomic mass is 10.1. The van der Waals surface area contributed by atoms with E-state index >= 15 is 0 Å². The van der Waals surface area contributed by atoms with Gasteiger partial charge in [0.25, 0.3) is 0 Å². The van der Waals surface area contributed by atoms with Gasteiger partial charge in [-0.15, -0.1) is 0 Å². The van der Waals surface area contributed by atoms with Gasteiger partial charge >= 0.3 is 5.97 Å². The van der Waals surface area contributed by atoms with Crippen LogP contribution in [-0.2, 0) is 11.3 Å². The molecule has 0 saturated heterocycles. The first-order chi connectivity index (χ1) is 11.5. The monoisotopic (exact) mass is 327 g/mol. The molecule has 24 heavy (non-hydrogen) atoms. The van der Waals surface area contributed by atoms with Crippen LogP contribution >= 0.6 is 0 Å². The highest BCUT2D eigenvalue weighted by Gasteiger charge is 2.04. The maximum atomic E-state index is 11.8. The van der Waals surface area contributed by atoms with Crippen LogP contribution in [0.15, 0.2) is 48.5 Å². The van der Waals surface area contributed by atoms with E-state index in [1.54, 1.807) is 12.1 Å². The summed E-state index contributed by atoms with van der Waals surface area (Å²) in [7, 11) is 0. The first-order valence-corrected chi connectivity index (χ1v) is 7.83. The summed E-state index contributed by atoms with van der Waals surface area (Å²) >= 11 is 0. The fraction of sp³-hybridized carbons (Fsp3) is 0.263. The molecule has 0 bridgehead atoms. The molecule has 2 rings (SSSR count). The first-order valence-electron chi connectivity index (χ1n) is 7.83. The Hall–Kier alpha value is -2.82. The van der Waals surface area contributed by atoms with E-state index < -0.39 is 5.97 Å². The van der Waals surface area contributed by atoms with E-state index in [9.17, 15) is 9.59 Å². The van der Waals surface area contributed by atoms with Crippen molar-refractivity contribution in [1.29, 1.82) is 0 Å². The SMILES string of the molecule is Cc1cccc(OCCCC(=O)NCc2ccc(C(=O)O)cc2)c1. The zero-order chi connectivity index (χ0) is 17.4. The van der Waals surface area contributed by atoms with Crippen LogP contribution in [0.1, 0.15) is 34.3 Å². The zero-order valence-electron chi connectivity index (χ0n) is 13.6. The van der Waals surface area contributed by atoms with Crippen LogP contribution in [-0.4, -0.2) is 23.6 Å². The van der Waals surface area contributed by atoms with Crippen LogP contribution in [0.3, 0.4) is 0 Å². The molecule has 126 valence electrons. The van der Waals surface area contributed by atoms with E-state index in [1.807, 2.05) is 31.2 Å². The predicted molar refractivity (Wildman–Crippen MR) is 91.2 cm³/mol. The van der Waals surface area contributed by atoms with E-state index in [2.05, 4.69) is 5.32 Å². The van der Waals surface area contributed by atoms with Crippen molar-refractivity contribution in [3.05, 3.63) is 65.2 Å². The van der Waals surface area contributed by atoms with Gasteiger partial charge in [0.1, 0.15) is 5.75 Å². The molecule has 5 heteroatoms. The lowest BCUT2D eigenvalue weighted by Crippen LogP contribution is -2.23. The summed E-state index contributed by atoms with van der Waals surface area (Å²) in [6.45, 7) is 2.88. The van der Waals surface area contributed by atoms with Gasteiger partial charge in [0.15, 0.2) is 0 Å². The van der Waals surface area contributed by atoms with Crippen molar-refractivity contribution in [2.24, 2.45) is 0 Å². The van der Waals surface area contributed by atoms with Gasteiger partial charge in [0, 0.05) is 13.0 Å². The summed E-state index contributed by atoms with van der Waals surface area (Å²) in [6, 6.07) is 14.2. The summed E-state index contributed by atoms with van der Waals surface area (Å²) in [6.07, 6.45) is 1.02. The number of carbonyl (C=O) groups is 2. The van der Waals surface area contributed by atoms with Crippen molar-refractivity contribution in [2.75, 3.05) is 6.61 Å². The molecule has 0 aromatic heterocycles. The van der Waals surface area contributed by atoms with Crippen molar-refractivity contribution >= 4 is 11.9 Å². The van der Waals surface area contributed by atoms with Crippen molar-refractivity contribution < 1.29 is 19.4 Å². The molecule has 0 aliphatic carbocycles. The number of carboxylic acid groups (broad SMARTS) is 1. The number of carbonyl (C=O) groups excluding carboxylic acids is 1. The first kappa shape index (κ1) is 17.5. The molecule has 5 nitrogen and oxygen atoms in total. The lowest BCUT2D eigenvalue weighted by Gasteiger charge is -2.08. The maximum Gasteiger partial charge on any atom is 0.335 e. The molecule has 0 atom stereocenters. The smallest absolute Gasteiger partial charge is 0.335 e. The Labute approximate surface area is 141 Å². The van der Waals surface area contributed by atoms with Gasteiger partial charge in [0.2, 0.25) is 5.91 Å². The third kappa shape index (κ3) is 5.76. The van der Waals surface area contributed by atoms with Crippen molar-refractivity contribution in [3.8, 4) is 5.75 Å². The van der Waals surface area contributed by atoms with Crippen LogP contribution in [0.5, 0.6) is 5.75 Å². The highest BCUT2D eigenvalue weighted by molar-refractivity contribution is 5.87. The largest absolute Gasteiger partial charge is 0.494 e. The number of rotatable bonds is 8. The van der Waals surface area contributed by atoms with E-state index in [1.165, 1.54) is 12.1 Å². The number of aromatic carboxylic acids is 1. The van der Waals surface area contributed by atoms with Crippen LogP contribution in [0, 0.1) is 6.92 Å². The normalized spacial score (nSPS) is 10.2. The molecule has 0 heterocycles. The molecule has 0 unspecified atom stereocenters. The Morgan fingerprint density at radius 3 is 2.54 bits per heavy atom. The molecular weight excluding hydrogens is 306 g/mol. The molecule has 1 amide bonds. The second-order valence-corrected chi connectivity index (χ2v) is 5.55. The summed E-state index contributed by atoms with van der Waals surface area (Å²) in [5.74, 6) is -0.196. The Bertz CT molecular complexity index is 695. The van der Waals surface area contributed by atoms with Gasteiger partial charge < -0.3 is 15.2 Å². The minimum Gasteiger partial charge on any atom is -0.494 e. The number of nitrogens with one attached hydrogen (secondary N) is 1. The summed E-state index contributed by atoms with van der Waals surface area (Å²) in [5, 5.41) is 11.6. The Morgan fingerprint density at radius 1 is 1.12 bits per heavy atom. The van der Waals surface area contributed by atoms with Crippen LogP contribution in [0.2, 0.25) is 0 Å². The van der Waals surface area contributed by atoms with E-state index in [-0.39, 0.29) is 11.5 Å². The fourth-order valence-corrected chi connectivity index (χ4v) is 2.18. The van der Waals surface area contributed by atoms with Gasteiger partial charge in [-0.05, 0) is 48.7 Å². The topological polar surface area (TPSA) is 75.6 Å². The molecule has 0 radical (unpaired) electrons. The second-order valence-electron chi connectivity index (χ2n) is 5.55. The summed E-state index contributed by atoms with van der Waals surface area (Å²) < 4.78 is 5.60. The lowest BCUT2D eigenvalue weighted by molar-refractivity contribution is -0.121. The molecule has 0 aliphatic rings. The predicted octanol–water partition coefficient (Wildman–Crippen LogP) is 3.17. The zero-order valence-corrected chi connectivity index (χ0v) is 13.6. The molecule has 0 fully saturated rings. The Kier molecular flexibility index (Phi) is 6.37. The average molecular weight is 327 g/mol.